The Hall–Kier alpha value is -8.82. The average molecular weight is 1040 g/mol. The minimum absolute atomic E-state index is 0.0362. The number of aliphatic carboxylic acids is 1. The number of amides is 1. The molecule has 3 aliphatic heterocycles. The molecule has 0 saturated carbocycles. The predicted octanol–water partition coefficient (Wildman–Crippen LogP) is 15.7. The maximum Gasteiger partial charge on any atom is 0.323 e. The van der Waals surface area contributed by atoms with Crippen LogP contribution in [0.2, 0.25) is 0 Å². The Morgan fingerprint density at radius 3 is 1.62 bits per heavy atom. The number of carboxylic acid groups (broad SMARTS) is 1. The number of thiocarbonyl (C=S) groups is 1. The monoisotopic (exact) mass is 1040 g/mol. The lowest BCUT2D eigenvalue weighted by Gasteiger charge is -2.28. The van der Waals surface area contributed by atoms with Crippen molar-refractivity contribution in [3.05, 3.63) is 213 Å². The van der Waals surface area contributed by atoms with E-state index < -0.39 is 18.4 Å². The standard InChI is InChI=1S/C66H54N6O3S2/c1-65(2,3)45-22-26-47(27-23-45)72(48-28-24-46(25-29-48)66(4,5)6)62-56-37-35-54(69-56)60(43-13-9-7-10-14-43)52-33-31-50(67-52)49(51-32-34-53(68-51)61(44-15-11-8-12-16-44)55-36-38-57(62)70-55)30-21-41-17-19-42(20-18-41)39-58-63(75)71(40-59(73)74)64(76)77-58/h7-20,22-29,31-39,67,70H,40H2,1-6H3,(H,73,74). The van der Waals surface area contributed by atoms with Crippen LogP contribution in [-0.2, 0) is 20.4 Å². The molecule has 5 aromatic carbocycles. The molecule has 6 heterocycles. The van der Waals surface area contributed by atoms with Crippen LogP contribution in [0.1, 0.15) is 92.1 Å². The summed E-state index contributed by atoms with van der Waals surface area (Å²) in [6.45, 7) is 13.0. The fraction of sp³-hybridized carbons (Fsp3) is 0.136. The zero-order valence-corrected chi connectivity index (χ0v) is 45.1. The third-order valence-corrected chi connectivity index (χ3v) is 15.1. The second kappa shape index (κ2) is 20.4. The summed E-state index contributed by atoms with van der Waals surface area (Å²) in [5.41, 5.74) is 17.8. The minimum Gasteiger partial charge on any atom is -0.480 e. The van der Waals surface area contributed by atoms with Crippen LogP contribution >= 0.6 is 24.0 Å². The van der Waals surface area contributed by atoms with E-state index >= 15 is 0 Å². The molecule has 3 aliphatic rings. The van der Waals surface area contributed by atoms with E-state index in [1.807, 2.05) is 66.7 Å². The van der Waals surface area contributed by atoms with Gasteiger partial charge in [0.2, 0.25) is 0 Å². The fourth-order valence-electron chi connectivity index (χ4n) is 9.72. The van der Waals surface area contributed by atoms with Crippen LogP contribution in [0.15, 0.2) is 163 Å². The molecule has 3 N–H and O–H groups in total. The molecular formula is C66H54N6O3S2. The fourth-order valence-corrected chi connectivity index (χ4v) is 11.0. The van der Waals surface area contributed by atoms with Crippen molar-refractivity contribution in [1.29, 1.82) is 0 Å². The van der Waals surface area contributed by atoms with Gasteiger partial charge in [0.1, 0.15) is 10.9 Å². The Kier molecular flexibility index (Phi) is 13.3. The number of aromatic amines is 2. The van der Waals surface area contributed by atoms with Crippen molar-refractivity contribution in [2.24, 2.45) is 0 Å². The summed E-state index contributed by atoms with van der Waals surface area (Å²) in [5.74, 6) is 5.37. The van der Waals surface area contributed by atoms with Crippen molar-refractivity contribution in [1.82, 2.24) is 24.8 Å². The van der Waals surface area contributed by atoms with Gasteiger partial charge in [-0.15, -0.1) is 0 Å². The molecule has 0 aliphatic carbocycles. The highest BCUT2D eigenvalue weighted by Gasteiger charge is 2.33. The average Bonchev–Trinajstić information content (AvgIpc) is 4.34. The number of aromatic nitrogens is 4. The zero-order valence-electron chi connectivity index (χ0n) is 43.5. The summed E-state index contributed by atoms with van der Waals surface area (Å²) in [6.07, 6.45) is 10.0. The SMILES string of the molecule is CC(C)(C)c1ccc(N(c2ccc(C(C)(C)C)cc2)c2c3nc(c(-c4ccccc4)c4ccc([nH]4)c(C#Cc4ccc(C=C5SC(=S)N(CC(=O)O)C5=O)cc4)c4nc(c(-c5ccccc5)c5ccc2[nH]5)C=C4)C=C3)cc1. The van der Waals surface area contributed by atoms with Crippen LogP contribution in [0.25, 0.3) is 74.7 Å². The lowest BCUT2D eigenvalue weighted by molar-refractivity contribution is -0.140. The first-order valence-corrected chi connectivity index (χ1v) is 26.7. The Bertz CT molecular complexity index is 3900. The Balaban J connectivity index is 1.15. The van der Waals surface area contributed by atoms with E-state index in [0.29, 0.717) is 16.2 Å². The number of carboxylic acids is 1. The molecule has 11 rings (SSSR count). The molecule has 11 heteroatoms. The van der Waals surface area contributed by atoms with Gasteiger partial charge in [-0.25, -0.2) is 9.97 Å². The van der Waals surface area contributed by atoms with E-state index in [9.17, 15) is 14.7 Å². The predicted molar refractivity (Wildman–Crippen MR) is 322 cm³/mol. The van der Waals surface area contributed by atoms with Gasteiger partial charge in [0.25, 0.3) is 5.91 Å². The van der Waals surface area contributed by atoms with E-state index in [2.05, 4.69) is 184 Å². The number of hydrogen-bond donors (Lipinski definition) is 3. The molecule has 1 fully saturated rings. The van der Waals surface area contributed by atoms with Gasteiger partial charge < -0.3 is 20.0 Å². The first-order valence-electron chi connectivity index (χ1n) is 25.4. The topological polar surface area (TPSA) is 118 Å². The van der Waals surface area contributed by atoms with E-state index in [4.69, 9.17) is 22.2 Å². The highest BCUT2D eigenvalue weighted by atomic mass is 32.2. The van der Waals surface area contributed by atoms with Crippen molar-refractivity contribution in [2.75, 3.05) is 11.4 Å². The summed E-state index contributed by atoms with van der Waals surface area (Å²) >= 11 is 6.40. The van der Waals surface area contributed by atoms with Gasteiger partial charge in [0.15, 0.2) is 0 Å². The number of rotatable bonds is 8. The van der Waals surface area contributed by atoms with Crippen LogP contribution in [-0.4, -0.2) is 52.7 Å². The molecule has 8 bridgehead atoms. The third kappa shape index (κ3) is 10.3. The lowest BCUT2D eigenvalue weighted by Crippen LogP contribution is -2.33. The number of thioether (sulfide) groups is 1. The summed E-state index contributed by atoms with van der Waals surface area (Å²) in [7, 11) is 0. The van der Waals surface area contributed by atoms with Gasteiger partial charge in [-0.2, -0.15) is 0 Å². The maximum absolute atomic E-state index is 13.0. The molecular weight excluding hydrogens is 989 g/mol. The molecule has 3 aromatic heterocycles. The minimum atomic E-state index is -1.13. The normalized spacial score (nSPS) is 13.8. The second-order valence-electron chi connectivity index (χ2n) is 21.2. The van der Waals surface area contributed by atoms with Crippen molar-refractivity contribution in [2.45, 2.75) is 52.4 Å². The Morgan fingerprint density at radius 1 is 0.610 bits per heavy atom. The van der Waals surface area contributed by atoms with Gasteiger partial charge in [-0.05, 0) is 130 Å². The van der Waals surface area contributed by atoms with Crippen LogP contribution in [0.4, 0.5) is 17.1 Å². The number of anilines is 3. The van der Waals surface area contributed by atoms with Gasteiger partial charge in [0.05, 0.1) is 50.0 Å². The lowest BCUT2D eigenvalue weighted by atomic mass is 9.86. The van der Waals surface area contributed by atoms with E-state index in [1.54, 1.807) is 6.08 Å². The Labute approximate surface area is 457 Å². The van der Waals surface area contributed by atoms with Crippen molar-refractivity contribution in [3.63, 3.8) is 0 Å². The van der Waals surface area contributed by atoms with Crippen LogP contribution in [0.5, 0.6) is 0 Å². The third-order valence-electron chi connectivity index (χ3n) is 13.8. The summed E-state index contributed by atoms with van der Waals surface area (Å²) in [4.78, 5) is 46.9. The van der Waals surface area contributed by atoms with Gasteiger partial charge >= 0.3 is 5.97 Å². The van der Waals surface area contributed by atoms with E-state index in [0.717, 1.165) is 106 Å². The molecule has 0 radical (unpaired) electrons. The molecule has 1 saturated heterocycles. The van der Waals surface area contributed by atoms with Crippen molar-refractivity contribution < 1.29 is 14.7 Å². The number of carbonyl (C=O) groups is 2. The highest BCUT2D eigenvalue weighted by Crippen LogP contribution is 2.43. The van der Waals surface area contributed by atoms with Gasteiger partial charge in [0, 0.05) is 39.1 Å². The van der Waals surface area contributed by atoms with E-state index in [-0.39, 0.29) is 15.2 Å². The van der Waals surface area contributed by atoms with Gasteiger partial charge in [-0.3, -0.25) is 14.5 Å². The molecule has 378 valence electrons. The number of fused-ring (bicyclic) bond motifs is 8. The van der Waals surface area contributed by atoms with Crippen LogP contribution in [0, 0.1) is 11.8 Å². The van der Waals surface area contributed by atoms with E-state index in [1.165, 1.54) is 11.1 Å². The Morgan fingerprint density at radius 2 is 1.09 bits per heavy atom. The number of carbonyl (C=O) groups excluding carboxylic acids is 1. The number of hydrogen-bond acceptors (Lipinski definition) is 7. The number of H-pyrrole nitrogens is 2. The van der Waals surface area contributed by atoms with Crippen molar-refractivity contribution >= 4 is 110 Å². The number of benzene rings is 5. The first kappa shape index (κ1) is 50.3. The molecule has 8 aromatic rings. The summed E-state index contributed by atoms with van der Waals surface area (Å²) in [5, 5.41) is 9.30. The molecule has 9 nitrogen and oxygen atoms in total. The molecule has 0 atom stereocenters. The van der Waals surface area contributed by atoms with Crippen LogP contribution in [0.3, 0.4) is 0 Å². The summed E-state index contributed by atoms with van der Waals surface area (Å²) < 4.78 is 0.218. The summed E-state index contributed by atoms with van der Waals surface area (Å²) in [6, 6.07) is 54.5. The second-order valence-corrected chi connectivity index (χ2v) is 22.8. The molecule has 1 amide bonds. The highest BCUT2D eigenvalue weighted by molar-refractivity contribution is 8.26. The smallest absolute Gasteiger partial charge is 0.323 e. The van der Waals surface area contributed by atoms with Crippen LogP contribution < -0.4 is 4.90 Å². The quantitative estimate of drug-likeness (QED) is 0.0782. The molecule has 0 unspecified atom stereocenters. The number of nitrogens with one attached hydrogen (secondary N) is 2. The molecule has 0 spiro atoms. The number of nitrogens with zero attached hydrogens (tertiary/aromatic N) is 4. The zero-order chi connectivity index (χ0) is 53.6. The molecule has 77 heavy (non-hydrogen) atoms. The van der Waals surface area contributed by atoms with Gasteiger partial charge in [-0.1, -0.05) is 174 Å². The van der Waals surface area contributed by atoms with Crippen molar-refractivity contribution in [3.8, 4) is 34.1 Å². The maximum atomic E-state index is 13.0. The largest absolute Gasteiger partial charge is 0.480 e. The first-order chi connectivity index (χ1) is 37.1.